The van der Waals surface area contributed by atoms with Gasteiger partial charge in [-0.3, -0.25) is 9.78 Å². The van der Waals surface area contributed by atoms with E-state index >= 15 is 0 Å². The van der Waals surface area contributed by atoms with Gasteiger partial charge in [0.25, 0.3) is 0 Å². The molecule has 1 unspecified atom stereocenters. The highest BCUT2D eigenvalue weighted by atomic mass is 32.2. The molecule has 1 amide bonds. The molecular formula is C22H27N5OS. The van der Waals surface area contributed by atoms with E-state index in [0.717, 1.165) is 41.5 Å². The van der Waals surface area contributed by atoms with Gasteiger partial charge in [-0.2, -0.15) is 0 Å². The molecule has 2 heterocycles. The lowest BCUT2D eigenvalue weighted by atomic mass is 10.1. The van der Waals surface area contributed by atoms with Crippen molar-refractivity contribution in [2.45, 2.75) is 51.4 Å². The minimum Gasteiger partial charge on any atom is -0.349 e. The van der Waals surface area contributed by atoms with Crippen LogP contribution >= 0.6 is 11.8 Å². The number of hydrogen-bond donors (Lipinski definition) is 1. The number of hydrogen-bond acceptors (Lipinski definition) is 5. The Balaban J connectivity index is 1.63. The fourth-order valence-corrected chi connectivity index (χ4v) is 3.85. The maximum Gasteiger partial charge on any atom is 0.230 e. The second-order valence-electron chi connectivity index (χ2n) is 6.87. The van der Waals surface area contributed by atoms with Crippen LogP contribution in [0.15, 0.2) is 53.9 Å². The molecule has 3 aromatic rings. The van der Waals surface area contributed by atoms with Crippen LogP contribution in [-0.4, -0.2) is 31.4 Å². The van der Waals surface area contributed by atoms with Crippen LogP contribution in [-0.2, 0) is 17.8 Å². The second-order valence-corrected chi connectivity index (χ2v) is 7.81. The lowest BCUT2D eigenvalue weighted by molar-refractivity contribution is -0.119. The van der Waals surface area contributed by atoms with Gasteiger partial charge in [0.2, 0.25) is 5.91 Å². The normalized spacial score (nSPS) is 12.0. The number of benzene rings is 1. The molecule has 0 aliphatic rings. The fraction of sp³-hybridized carbons (Fsp3) is 0.364. The zero-order valence-corrected chi connectivity index (χ0v) is 17.9. The largest absolute Gasteiger partial charge is 0.349 e. The summed E-state index contributed by atoms with van der Waals surface area (Å²) in [7, 11) is 0. The average Bonchev–Trinajstić information content (AvgIpc) is 3.16. The lowest BCUT2D eigenvalue weighted by Crippen LogP contribution is -2.28. The Morgan fingerprint density at radius 2 is 1.83 bits per heavy atom. The van der Waals surface area contributed by atoms with E-state index in [-0.39, 0.29) is 11.9 Å². The van der Waals surface area contributed by atoms with E-state index in [2.05, 4.69) is 63.2 Å². The molecule has 0 aliphatic carbocycles. The SMILES string of the molecule is CCCn1c(SCC(=O)NC(C)c2ccc(CC)cc2)nnc1-c1ccncc1. The number of pyridine rings is 1. The van der Waals surface area contributed by atoms with Crippen LogP contribution in [0.25, 0.3) is 11.4 Å². The van der Waals surface area contributed by atoms with E-state index in [9.17, 15) is 4.79 Å². The third kappa shape index (κ3) is 5.44. The lowest BCUT2D eigenvalue weighted by Gasteiger charge is -2.15. The summed E-state index contributed by atoms with van der Waals surface area (Å²) in [5.74, 6) is 1.09. The monoisotopic (exact) mass is 409 g/mol. The van der Waals surface area contributed by atoms with Crippen molar-refractivity contribution in [3.05, 3.63) is 59.9 Å². The predicted molar refractivity (Wildman–Crippen MR) is 117 cm³/mol. The summed E-state index contributed by atoms with van der Waals surface area (Å²) in [4.78, 5) is 16.5. The molecular weight excluding hydrogens is 382 g/mol. The summed E-state index contributed by atoms with van der Waals surface area (Å²) in [6.45, 7) is 7.05. The zero-order valence-electron chi connectivity index (χ0n) is 17.1. The van der Waals surface area contributed by atoms with Crippen molar-refractivity contribution in [3.8, 4) is 11.4 Å². The van der Waals surface area contributed by atoms with E-state index in [1.54, 1.807) is 12.4 Å². The number of carbonyl (C=O) groups is 1. The number of nitrogens with one attached hydrogen (secondary N) is 1. The Morgan fingerprint density at radius 3 is 2.48 bits per heavy atom. The molecule has 0 saturated heterocycles. The van der Waals surface area contributed by atoms with Crippen molar-refractivity contribution < 1.29 is 4.79 Å². The molecule has 6 nitrogen and oxygen atoms in total. The molecule has 0 fully saturated rings. The van der Waals surface area contributed by atoms with Crippen molar-refractivity contribution >= 4 is 17.7 Å². The third-order valence-corrected chi connectivity index (χ3v) is 5.67. The highest BCUT2D eigenvalue weighted by Crippen LogP contribution is 2.24. The van der Waals surface area contributed by atoms with E-state index in [4.69, 9.17) is 0 Å². The molecule has 0 bridgehead atoms. The predicted octanol–water partition coefficient (Wildman–Crippen LogP) is 4.28. The van der Waals surface area contributed by atoms with Gasteiger partial charge >= 0.3 is 0 Å². The molecule has 29 heavy (non-hydrogen) atoms. The van der Waals surface area contributed by atoms with Gasteiger partial charge in [0, 0.05) is 24.5 Å². The molecule has 2 aromatic heterocycles. The first kappa shape index (κ1) is 21.0. The maximum absolute atomic E-state index is 12.5. The first-order valence-electron chi connectivity index (χ1n) is 9.97. The van der Waals surface area contributed by atoms with Crippen LogP contribution in [0.3, 0.4) is 0 Å². The minimum atomic E-state index is -0.0325. The van der Waals surface area contributed by atoms with Crippen molar-refractivity contribution in [3.63, 3.8) is 0 Å². The molecule has 0 radical (unpaired) electrons. The highest BCUT2D eigenvalue weighted by Gasteiger charge is 2.16. The molecule has 1 atom stereocenters. The Bertz CT molecular complexity index is 924. The number of rotatable bonds is 9. The molecule has 1 aromatic carbocycles. The van der Waals surface area contributed by atoms with E-state index in [0.29, 0.717) is 5.75 Å². The van der Waals surface area contributed by atoms with Gasteiger partial charge in [0.15, 0.2) is 11.0 Å². The molecule has 0 saturated carbocycles. The molecule has 3 rings (SSSR count). The number of aryl methyl sites for hydroxylation is 1. The summed E-state index contributed by atoms with van der Waals surface area (Å²) in [6, 6.07) is 12.2. The van der Waals surface area contributed by atoms with Crippen molar-refractivity contribution in [2.24, 2.45) is 0 Å². The highest BCUT2D eigenvalue weighted by molar-refractivity contribution is 7.99. The smallest absolute Gasteiger partial charge is 0.230 e. The molecule has 152 valence electrons. The fourth-order valence-electron chi connectivity index (χ4n) is 3.07. The second kappa shape index (κ2) is 10.2. The molecule has 0 aliphatic heterocycles. The number of nitrogens with zero attached hydrogens (tertiary/aromatic N) is 4. The van der Waals surface area contributed by atoms with E-state index in [1.165, 1.54) is 17.3 Å². The summed E-state index contributed by atoms with van der Waals surface area (Å²) in [5, 5.41) is 12.5. The van der Waals surface area contributed by atoms with Gasteiger partial charge in [0.05, 0.1) is 11.8 Å². The third-order valence-electron chi connectivity index (χ3n) is 4.70. The minimum absolute atomic E-state index is 0.0152. The summed E-state index contributed by atoms with van der Waals surface area (Å²) in [5.41, 5.74) is 3.37. The Kier molecular flexibility index (Phi) is 7.41. The number of amides is 1. The topological polar surface area (TPSA) is 72.7 Å². The number of thioether (sulfide) groups is 1. The van der Waals surface area contributed by atoms with Crippen molar-refractivity contribution in [1.82, 2.24) is 25.1 Å². The van der Waals surface area contributed by atoms with Crippen LogP contribution in [0, 0.1) is 0 Å². The van der Waals surface area contributed by atoms with Crippen molar-refractivity contribution in [2.75, 3.05) is 5.75 Å². The van der Waals surface area contributed by atoms with Gasteiger partial charge in [-0.1, -0.05) is 49.9 Å². The number of aromatic nitrogens is 4. The van der Waals surface area contributed by atoms with Gasteiger partial charge in [-0.25, -0.2) is 0 Å². The zero-order chi connectivity index (χ0) is 20.6. The van der Waals surface area contributed by atoms with Crippen LogP contribution in [0.1, 0.15) is 44.4 Å². The summed E-state index contributed by atoms with van der Waals surface area (Å²) >= 11 is 1.42. The van der Waals surface area contributed by atoms with Gasteiger partial charge in [0.1, 0.15) is 0 Å². The van der Waals surface area contributed by atoms with Crippen LogP contribution < -0.4 is 5.32 Å². The maximum atomic E-state index is 12.5. The molecule has 7 heteroatoms. The van der Waals surface area contributed by atoms with Crippen molar-refractivity contribution in [1.29, 1.82) is 0 Å². The average molecular weight is 410 g/mol. The Labute approximate surface area is 176 Å². The quantitative estimate of drug-likeness (QED) is 0.534. The van der Waals surface area contributed by atoms with E-state index < -0.39 is 0 Å². The first-order valence-corrected chi connectivity index (χ1v) is 11.0. The van der Waals surface area contributed by atoms with Crippen LogP contribution in [0.4, 0.5) is 0 Å². The Hall–Kier alpha value is -2.67. The summed E-state index contributed by atoms with van der Waals surface area (Å²) < 4.78 is 2.07. The van der Waals surface area contributed by atoms with Crippen LogP contribution in [0.5, 0.6) is 0 Å². The standard InChI is InChI=1S/C22H27N5OS/c1-4-14-27-21(19-10-12-23-13-11-19)25-26-22(27)29-15-20(28)24-16(3)18-8-6-17(5-2)7-9-18/h6-13,16H,4-5,14-15H2,1-3H3,(H,24,28). The van der Waals surface area contributed by atoms with Gasteiger partial charge in [-0.05, 0) is 43.0 Å². The van der Waals surface area contributed by atoms with Crippen LogP contribution in [0.2, 0.25) is 0 Å². The first-order chi connectivity index (χ1) is 14.1. The summed E-state index contributed by atoms with van der Waals surface area (Å²) in [6.07, 6.45) is 5.46. The molecule has 0 spiro atoms. The van der Waals surface area contributed by atoms with E-state index in [1.807, 2.05) is 19.1 Å². The Morgan fingerprint density at radius 1 is 1.10 bits per heavy atom. The van der Waals surface area contributed by atoms with Gasteiger partial charge < -0.3 is 9.88 Å². The van der Waals surface area contributed by atoms with Gasteiger partial charge in [-0.15, -0.1) is 10.2 Å². The molecule has 1 N–H and O–H groups in total. The number of carbonyl (C=O) groups excluding carboxylic acids is 1.